The molecule has 8 heteroatoms. The Bertz CT molecular complexity index is 1210. The summed E-state index contributed by atoms with van der Waals surface area (Å²) in [5, 5.41) is 7.49. The standard InChI is InChI=1S/C23H21ClFN5O/c1-15-21(22(24)30(28-15)14-18-3-7-19(25)8-4-18)23(31)27-20-9-5-17(6-10-20)13-29-12-11-26-16(29)2/h3-12H,13-14H2,1-2H3,(H,27,31). The van der Waals surface area contributed by atoms with E-state index in [2.05, 4.69) is 15.4 Å². The average molecular weight is 438 g/mol. The molecule has 2 aromatic heterocycles. The van der Waals surface area contributed by atoms with Gasteiger partial charge in [0.2, 0.25) is 0 Å². The van der Waals surface area contributed by atoms with E-state index >= 15 is 0 Å². The molecule has 0 aliphatic carbocycles. The van der Waals surface area contributed by atoms with Crippen LogP contribution in [0.2, 0.25) is 5.15 Å². The first kappa shape index (κ1) is 20.8. The lowest BCUT2D eigenvalue weighted by molar-refractivity contribution is 0.102. The Morgan fingerprint density at radius 2 is 1.68 bits per heavy atom. The highest BCUT2D eigenvalue weighted by atomic mass is 35.5. The summed E-state index contributed by atoms with van der Waals surface area (Å²) in [5.41, 5.74) is 3.44. The number of halogens is 2. The minimum Gasteiger partial charge on any atom is -0.331 e. The number of amides is 1. The SMILES string of the molecule is Cc1nn(Cc2ccc(F)cc2)c(Cl)c1C(=O)Nc1ccc(Cn2ccnc2C)cc1. The maximum Gasteiger partial charge on any atom is 0.260 e. The normalized spacial score (nSPS) is 11.0. The minimum absolute atomic E-state index is 0.242. The van der Waals surface area contributed by atoms with Crippen LogP contribution in [-0.2, 0) is 13.1 Å². The predicted octanol–water partition coefficient (Wildman–Crippen LogP) is 4.84. The summed E-state index contributed by atoms with van der Waals surface area (Å²) < 4.78 is 16.7. The van der Waals surface area contributed by atoms with Gasteiger partial charge in [0.25, 0.3) is 5.91 Å². The summed E-state index contributed by atoms with van der Waals surface area (Å²) in [5.74, 6) is 0.309. The largest absolute Gasteiger partial charge is 0.331 e. The fraction of sp³-hybridized carbons (Fsp3) is 0.174. The number of hydrogen-bond acceptors (Lipinski definition) is 3. The average Bonchev–Trinajstić information content (AvgIpc) is 3.27. The molecule has 158 valence electrons. The van der Waals surface area contributed by atoms with Gasteiger partial charge in [0.15, 0.2) is 0 Å². The Balaban J connectivity index is 1.46. The third-order valence-electron chi connectivity index (χ3n) is 5.03. The quantitative estimate of drug-likeness (QED) is 0.469. The van der Waals surface area contributed by atoms with Crippen LogP contribution in [0, 0.1) is 19.7 Å². The van der Waals surface area contributed by atoms with Crippen LogP contribution < -0.4 is 5.32 Å². The van der Waals surface area contributed by atoms with Crippen molar-refractivity contribution in [3.8, 4) is 0 Å². The molecule has 0 unspecified atom stereocenters. The molecule has 4 aromatic rings. The Labute approximate surface area is 184 Å². The van der Waals surface area contributed by atoms with Gasteiger partial charge in [0, 0.05) is 24.6 Å². The van der Waals surface area contributed by atoms with E-state index in [0.29, 0.717) is 30.0 Å². The van der Waals surface area contributed by atoms with Gasteiger partial charge in [-0.2, -0.15) is 5.10 Å². The Hall–Kier alpha value is -3.45. The summed E-state index contributed by atoms with van der Waals surface area (Å²) >= 11 is 6.45. The third-order valence-corrected chi connectivity index (χ3v) is 5.41. The van der Waals surface area contributed by atoms with Crippen LogP contribution in [-0.4, -0.2) is 25.2 Å². The second-order valence-corrected chi connectivity index (χ2v) is 7.65. The number of nitrogens with one attached hydrogen (secondary N) is 1. The van der Waals surface area contributed by atoms with Crippen molar-refractivity contribution >= 4 is 23.2 Å². The highest BCUT2D eigenvalue weighted by Crippen LogP contribution is 2.23. The molecule has 0 radical (unpaired) electrons. The molecule has 1 N–H and O–H groups in total. The highest BCUT2D eigenvalue weighted by molar-refractivity contribution is 6.33. The molecule has 0 aliphatic heterocycles. The molecule has 2 heterocycles. The first-order chi connectivity index (χ1) is 14.9. The molecule has 31 heavy (non-hydrogen) atoms. The van der Waals surface area contributed by atoms with Crippen molar-refractivity contribution in [3.63, 3.8) is 0 Å². The summed E-state index contributed by atoms with van der Waals surface area (Å²) in [6.07, 6.45) is 3.70. The van der Waals surface area contributed by atoms with Crippen LogP contribution in [0.5, 0.6) is 0 Å². The predicted molar refractivity (Wildman–Crippen MR) is 118 cm³/mol. The van der Waals surface area contributed by atoms with Crippen LogP contribution in [0.4, 0.5) is 10.1 Å². The lowest BCUT2D eigenvalue weighted by Gasteiger charge is -2.08. The van der Waals surface area contributed by atoms with E-state index in [9.17, 15) is 9.18 Å². The second kappa shape index (κ2) is 8.73. The van der Waals surface area contributed by atoms with E-state index < -0.39 is 0 Å². The van der Waals surface area contributed by atoms with Crippen LogP contribution >= 0.6 is 11.6 Å². The Morgan fingerprint density at radius 3 is 2.32 bits per heavy atom. The number of carbonyl (C=O) groups excluding carboxylic acids is 1. The molecular weight excluding hydrogens is 417 g/mol. The molecule has 0 bridgehead atoms. The van der Waals surface area contributed by atoms with Crippen molar-refractivity contribution in [3.05, 3.63) is 100 Å². The lowest BCUT2D eigenvalue weighted by atomic mass is 10.2. The van der Waals surface area contributed by atoms with E-state index in [1.54, 1.807) is 25.3 Å². The molecule has 0 aliphatic rings. The molecule has 0 saturated carbocycles. The van der Waals surface area contributed by atoms with Crippen molar-refractivity contribution in [2.24, 2.45) is 0 Å². The molecule has 1 amide bonds. The zero-order valence-corrected chi connectivity index (χ0v) is 17.9. The maximum absolute atomic E-state index is 13.1. The van der Waals surface area contributed by atoms with Gasteiger partial charge in [0.05, 0.1) is 17.8 Å². The van der Waals surface area contributed by atoms with Gasteiger partial charge in [-0.25, -0.2) is 14.1 Å². The van der Waals surface area contributed by atoms with Crippen molar-refractivity contribution < 1.29 is 9.18 Å². The summed E-state index contributed by atoms with van der Waals surface area (Å²) in [6.45, 7) is 4.74. The van der Waals surface area contributed by atoms with Crippen LogP contribution in [0.25, 0.3) is 0 Å². The van der Waals surface area contributed by atoms with E-state index in [-0.39, 0.29) is 16.9 Å². The number of carbonyl (C=O) groups is 1. The molecule has 0 fully saturated rings. The molecule has 2 aromatic carbocycles. The number of aryl methyl sites for hydroxylation is 2. The van der Waals surface area contributed by atoms with Gasteiger partial charge in [-0.1, -0.05) is 35.9 Å². The fourth-order valence-corrected chi connectivity index (χ4v) is 3.65. The number of anilines is 1. The number of benzene rings is 2. The van der Waals surface area contributed by atoms with Crippen molar-refractivity contribution in [2.45, 2.75) is 26.9 Å². The first-order valence-electron chi connectivity index (χ1n) is 9.76. The minimum atomic E-state index is -0.328. The van der Waals surface area contributed by atoms with Crippen LogP contribution in [0.15, 0.2) is 60.9 Å². The van der Waals surface area contributed by atoms with E-state index in [0.717, 1.165) is 17.0 Å². The summed E-state index contributed by atoms with van der Waals surface area (Å²) in [7, 11) is 0. The number of aromatic nitrogens is 4. The molecule has 0 saturated heterocycles. The van der Waals surface area contributed by atoms with E-state index in [1.165, 1.54) is 16.8 Å². The Kier molecular flexibility index (Phi) is 5.86. The van der Waals surface area contributed by atoms with Gasteiger partial charge in [-0.3, -0.25) is 4.79 Å². The third kappa shape index (κ3) is 4.67. The first-order valence-corrected chi connectivity index (χ1v) is 10.1. The molecule has 0 spiro atoms. The van der Waals surface area contributed by atoms with E-state index in [4.69, 9.17) is 11.6 Å². The van der Waals surface area contributed by atoms with Gasteiger partial charge in [-0.05, 0) is 49.2 Å². The van der Waals surface area contributed by atoms with Gasteiger partial charge in [-0.15, -0.1) is 0 Å². The van der Waals surface area contributed by atoms with Crippen molar-refractivity contribution in [1.82, 2.24) is 19.3 Å². The lowest BCUT2D eigenvalue weighted by Crippen LogP contribution is -2.13. The molecule has 0 atom stereocenters. The zero-order chi connectivity index (χ0) is 22.0. The monoisotopic (exact) mass is 437 g/mol. The van der Waals surface area contributed by atoms with Gasteiger partial charge in [0.1, 0.15) is 16.8 Å². The maximum atomic E-state index is 13.1. The van der Waals surface area contributed by atoms with Crippen LogP contribution in [0.1, 0.15) is 33.0 Å². The van der Waals surface area contributed by atoms with Crippen molar-refractivity contribution in [1.29, 1.82) is 0 Å². The van der Waals surface area contributed by atoms with Gasteiger partial charge >= 0.3 is 0 Å². The fourth-order valence-electron chi connectivity index (χ4n) is 3.33. The number of rotatable bonds is 6. The van der Waals surface area contributed by atoms with Gasteiger partial charge < -0.3 is 9.88 Å². The summed E-state index contributed by atoms with van der Waals surface area (Å²) in [6, 6.07) is 13.7. The topological polar surface area (TPSA) is 64.7 Å². The number of nitrogens with zero attached hydrogens (tertiary/aromatic N) is 4. The van der Waals surface area contributed by atoms with Crippen LogP contribution in [0.3, 0.4) is 0 Å². The zero-order valence-electron chi connectivity index (χ0n) is 17.1. The number of hydrogen-bond donors (Lipinski definition) is 1. The molecule has 6 nitrogen and oxygen atoms in total. The van der Waals surface area contributed by atoms with E-state index in [1.807, 2.05) is 42.0 Å². The number of imidazole rings is 1. The summed E-state index contributed by atoms with van der Waals surface area (Å²) in [4.78, 5) is 17.1. The second-order valence-electron chi connectivity index (χ2n) is 7.29. The smallest absolute Gasteiger partial charge is 0.260 e. The van der Waals surface area contributed by atoms with Crippen molar-refractivity contribution in [2.75, 3.05) is 5.32 Å². The molecule has 4 rings (SSSR count). The molecular formula is C23H21ClFN5O. The Morgan fingerprint density at radius 1 is 1.03 bits per heavy atom. The highest BCUT2D eigenvalue weighted by Gasteiger charge is 2.20.